The van der Waals surface area contributed by atoms with Crippen LogP contribution in [-0.4, -0.2) is 37.1 Å². The number of nitrogens with one attached hydrogen (secondary N) is 1. The molecule has 1 heterocycles. The molecule has 0 saturated carbocycles. The lowest BCUT2D eigenvalue weighted by Crippen LogP contribution is -2.44. The Balaban J connectivity index is 2.11. The first kappa shape index (κ1) is 16.6. The van der Waals surface area contributed by atoms with Crippen molar-refractivity contribution in [2.75, 3.05) is 20.2 Å². The molecular weight excluding hydrogens is 304 g/mol. The molecule has 2 rings (SSSR count). The van der Waals surface area contributed by atoms with E-state index in [-0.39, 0.29) is 18.6 Å². The van der Waals surface area contributed by atoms with Crippen LogP contribution in [0.2, 0.25) is 5.02 Å². The van der Waals surface area contributed by atoms with E-state index in [0.29, 0.717) is 11.6 Å². The maximum absolute atomic E-state index is 12.4. The Morgan fingerprint density at radius 2 is 2.00 bits per heavy atom. The molecule has 1 aliphatic heterocycles. The molecule has 0 bridgehead atoms. The van der Waals surface area contributed by atoms with Crippen LogP contribution in [0.3, 0.4) is 0 Å². The molecule has 1 aromatic rings. The highest BCUT2D eigenvalue weighted by Crippen LogP contribution is 2.30. The summed E-state index contributed by atoms with van der Waals surface area (Å²) in [4.78, 5) is 25.4. The molecule has 0 spiro atoms. The van der Waals surface area contributed by atoms with Crippen LogP contribution in [0.25, 0.3) is 0 Å². The van der Waals surface area contributed by atoms with Crippen molar-refractivity contribution in [3.8, 4) is 0 Å². The minimum absolute atomic E-state index is 0.0115. The van der Waals surface area contributed by atoms with Crippen LogP contribution in [0.4, 0.5) is 4.79 Å². The lowest BCUT2D eigenvalue weighted by molar-refractivity contribution is -0.139. The normalized spacial score (nSPS) is 18.5. The van der Waals surface area contributed by atoms with E-state index in [1.165, 1.54) is 7.11 Å². The molecule has 1 N–H and O–H groups in total. The van der Waals surface area contributed by atoms with E-state index in [0.717, 1.165) is 31.2 Å². The fourth-order valence-electron chi connectivity index (χ4n) is 2.70. The standard InChI is InChI=1S/C16H21ClN2O3/c1-22-15(20)11-18-16(21)19-10-4-2-3-5-14(19)12-6-8-13(17)9-7-12/h6-9,14H,2-5,10-11H2,1H3,(H,18,21)/t14-/m1/s1. The second-order valence-electron chi connectivity index (χ2n) is 5.34. The van der Waals surface area contributed by atoms with Crippen LogP contribution >= 0.6 is 11.6 Å². The Bertz CT molecular complexity index is 519. The number of rotatable bonds is 3. The van der Waals surface area contributed by atoms with Crippen molar-refractivity contribution in [3.63, 3.8) is 0 Å². The van der Waals surface area contributed by atoms with Crippen molar-refractivity contribution < 1.29 is 14.3 Å². The molecule has 0 aliphatic carbocycles. The third kappa shape index (κ3) is 4.37. The number of urea groups is 1. The van der Waals surface area contributed by atoms with Crippen molar-refractivity contribution in [3.05, 3.63) is 34.9 Å². The summed E-state index contributed by atoms with van der Waals surface area (Å²) in [6.07, 6.45) is 4.06. The molecule has 120 valence electrons. The number of hydrogen-bond acceptors (Lipinski definition) is 3. The number of hydrogen-bond donors (Lipinski definition) is 1. The van der Waals surface area contributed by atoms with Gasteiger partial charge in [-0.25, -0.2) is 4.79 Å². The molecule has 1 atom stereocenters. The monoisotopic (exact) mass is 324 g/mol. The number of esters is 1. The molecule has 1 fully saturated rings. The van der Waals surface area contributed by atoms with Gasteiger partial charge >= 0.3 is 12.0 Å². The molecule has 1 saturated heterocycles. The van der Waals surface area contributed by atoms with E-state index in [4.69, 9.17) is 11.6 Å². The number of halogens is 1. The summed E-state index contributed by atoms with van der Waals surface area (Å²) >= 11 is 5.94. The summed E-state index contributed by atoms with van der Waals surface area (Å²) in [5.41, 5.74) is 1.07. The molecule has 5 nitrogen and oxygen atoms in total. The Morgan fingerprint density at radius 3 is 2.68 bits per heavy atom. The van der Waals surface area contributed by atoms with Crippen LogP contribution in [0.15, 0.2) is 24.3 Å². The lowest BCUT2D eigenvalue weighted by atomic mass is 10.0. The highest BCUT2D eigenvalue weighted by Gasteiger charge is 2.26. The number of carbonyl (C=O) groups excluding carboxylic acids is 2. The smallest absolute Gasteiger partial charge is 0.325 e. The third-order valence-electron chi connectivity index (χ3n) is 3.88. The summed E-state index contributed by atoms with van der Waals surface area (Å²) in [5.74, 6) is -0.453. The number of nitrogens with zero attached hydrogens (tertiary/aromatic N) is 1. The first-order valence-corrected chi connectivity index (χ1v) is 7.86. The lowest BCUT2D eigenvalue weighted by Gasteiger charge is -2.30. The number of likely N-dealkylation sites (tertiary alicyclic amines) is 1. The van der Waals surface area contributed by atoms with Crippen molar-refractivity contribution in [1.82, 2.24) is 10.2 Å². The molecule has 0 radical (unpaired) electrons. The molecule has 1 aliphatic rings. The maximum Gasteiger partial charge on any atom is 0.325 e. The van der Waals surface area contributed by atoms with Crippen molar-refractivity contribution >= 4 is 23.6 Å². The molecule has 22 heavy (non-hydrogen) atoms. The van der Waals surface area contributed by atoms with Gasteiger partial charge in [0, 0.05) is 11.6 Å². The Hall–Kier alpha value is -1.75. The van der Waals surface area contributed by atoms with E-state index in [1.54, 1.807) is 4.90 Å². The van der Waals surface area contributed by atoms with Gasteiger partial charge in [0.1, 0.15) is 6.54 Å². The van der Waals surface area contributed by atoms with E-state index in [1.807, 2.05) is 24.3 Å². The van der Waals surface area contributed by atoms with Gasteiger partial charge < -0.3 is 15.0 Å². The predicted molar refractivity (Wildman–Crippen MR) is 84.8 cm³/mol. The zero-order valence-corrected chi connectivity index (χ0v) is 13.4. The van der Waals surface area contributed by atoms with E-state index in [2.05, 4.69) is 10.1 Å². The third-order valence-corrected chi connectivity index (χ3v) is 4.13. The number of methoxy groups -OCH3 is 1. The van der Waals surface area contributed by atoms with Crippen LogP contribution < -0.4 is 5.32 Å². The zero-order valence-electron chi connectivity index (χ0n) is 12.7. The van der Waals surface area contributed by atoms with Gasteiger partial charge in [-0.2, -0.15) is 0 Å². The number of carbonyl (C=O) groups is 2. The van der Waals surface area contributed by atoms with Gasteiger partial charge in [0.15, 0.2) is 0 Å². The highest BCUT2D eigenvalue weighted by molar-refractivity contribution is 6.30. The largest absolute Gasteiger partial charge is 0.468 e. The van der Waals surface area contributed by atoms with E-state index in [9.17, 15) is 9.59 Å². The van der Waals surface area contributed by atoms with Crippen LogP contribution in [0.5, 0.6) is 0 Å². The summed E-state index contributed by atoms with van der Waals surface area (Å²) < 4.78 is 4.55. The number of benzene rings is 1. The van der Waals surface area contributed by atoms with Gasteiger partial charge in [0.25, 0.3) is 0 Å². The van der Waals surface area contributed by atoms with Crippen LogP contribution in [0.1, 0.15) is 37.3 Å². The molecular formula is C16H21ClN2O3. The Morgan fingerprint density at radius 1 is 1.27 bits per heavy atom. The van der Waals surface area contributed by atoms with Gasteiger partial charge in [-0.3, -0.25) is 4.79 Å². The van der Waals surface area contributed by atoms with Gasteiger partial charge in [-0.15, -0.1) is 0 Å². The molecule has 0 unspecified atom stereocenters. The average Bonchev–Trinajstić information content (AvgIpc) is 2.79. The van der Waals surface area contributed by atoms with Crippen molar-refractivity contribution in [2.45, 2.75) is 31.7 Å². The quantitative estimate of drug-likeness (QED) is 0.869. The van der Waals surface area contributed by atoms with Gasteiger partial charge in [0.05, 0.1) is 13.2 Å². The van der Waals surface area contributed by atoms with E-state index >= 15 is 0 Å². The Labute approximate surface area is 135 Å². The second kappa shape index (κ2) is 8.03. The minimum atomic E-state index is -0.453. The first-order chi connectivity index (χ1) is 10.6. The fraction of sp³-hybridized carbons (Fsp3) is 0.500. The summed E-state index contributed by atoms with van der Waals surface area (Å²) in [6, 6.07) is 7.38. The minimum Gasteiger partial charge on any atom is -0.468 e. The number of amides is 2. The van der Waals surface area contributed by atoms with Gasteiger partial charge in [-0.1, -0.05) is 36.6 Å². The predicted octanol–water partition coefficient (Wildman–Crippen LogP) is 3.14. The average molecular weight is 325 g/mol. The Kier molecular flexibility index (Phi) is 6.07. The van der Waals surface area contributed by atoms with Crippen molar-refractivity contribution in [2.24, 2.45) is 0 Å². The summed E-state index contributed by atoms with van der Waals surface area (Å²) in [6.45, 7) is 0.569. The highest BCUT2D eigenvalue weighted by atomic mass is 35.5. The maximum atomic E-state index is 12.4. The van der Waals surface area contributed by atoms with E-state index < -0.39 is 5.97 Å². The van der Waals surface area contributed by atoms with Crippen molar-refractivity contribution in [1.29, 1.82) is 0 Å². The van der Waals surface area contributed by atoms with Crippen LogP contribution in [0, 0.1) is 0 Å². The molecule has 0 aromatic heterocycles. The van der Waals surface area contributed by atoms with Gasteiger partial charge in [0.2, 0.25) is 0 Å². The molecule has 1 aromatic carbocycles. The SMILES string of the molecule is COC(=O)CNC(=O)N1CCCCC[C@@H]1c1ccc(Cl)cc1. The first-order valence-electron chi connectivity index (χ1n) is 7.48. The fourth-order valence-corrected chi connectivity index (χ4v) is 2.83. The summed E-state index contributed by atoms with van der Waals surface area (Å²) in [7, 11) is 1.30. The zero-order chi connectivity index (χ0) is 15.9. The molecule has 6 heteroatoms. The molecule has 2 amide bonds. The van der Waals surface area contributed by atoms with Gasteiger partial charge in [-0.05, 0) is 30.5 Å². The van der Waals surface area contributed by atoms with Crippen LogP contribution in [-0.2, 0) is 9.53 Å². The summed E-state index contributed by atoms with van der Waals surface area (Å²) in [5, 5.41) is 3.31. The topological polar surface area (TPSA) is 58.6 Å². The number of ether oxygens (including phenoxy) is 1. The second-order valence-corrected chi connectivity index (χ2v) is 5.78.